The van der Waals surface area contributed by atoms with Crippen LogP contribution in [0.5, 0.6) is 0 Å². The second kappa shape index (κ2) is 8.69. The lowest BCUT2D eigenvalue weighted by Crippen LogP contribution is -2.37. The van der Waals surface area contributed by atoms with Gasteiger partial charge in [-0.2, -0.15) is 9.67 Å². The normalized spacial score (nSPS) is 13.1. The van der Waals surface area contributed by atoms with E-state index in [9.17, 15) is 14.4 Å². The summed E-state index contributed by atoms with van der Waals surface area (Å²) in [7, 11) is 2.84. The number of halogens is 2. The minimum absolute atomic E-state index is 0.0511. The first-order valence-electron chi connectivity index (χ1n) is 9.71. The summed E-state index contributed by atoms with van der Waals surface area (Å²) in [4.78, 5) is 41.4. The lowest BCUT2D eigenvalue weighted by atomic mass is 10.0. The minimum Gasteiger partial charge on any atom is -0.464 e. The Labute approximate surface area is 202 Å². The predicted octanol–water partition coefficient (Wildman–Crippen LogP) is 3.09. The SMILES string of the molecule is COC(=O)c1cc(-n2c(=S)[nH]c3c(c2=O)CC(C)=[N+](C(=O)c2ccc(Cl)c(Cl)c2)C3)n(C)n1. The van der Waals surface area contributed by atoms with Gasteiger partial charge in [-0.15, -0.1) is 0 Å². The van der Waals surface area contributed by atoms with Crippen molar-refractivity contribution in [2.24, 2.45) is 7.05 Å². The number of amides is 1. The van der Waals surface area contributed by atoms with Crippen LogP contribution in [0.15, 0.2) is 29.1 Å². The van der Waals surface area contributed by atoms with Gasteiger partial charge in [-0.1, -0.05) is 23.2 Å². The summed E-state index contributed by atoms with van der Waals surface area (Å²) >= 11 is 17.5. The molecule has 0 radical (unpaired) electrons. The van der Waals surface area contributed by atoms with Crippen molar-refractivity contribution < 1.29 is 18.9 Å². The Hall–Kier alpha value is -3.08. The van der Waals surface area contributed by atoms with Gasteiger partial charge in [0.05, 0.1) is 40.4 Å². The number of hydrogen-bond donors (Lipinski definition) is 1. The Kier molecular flexibility index (Phi) is 6.08. The third kappa shape index (κ3) is 4.05. The molecule has 1 amide bonds. The van der Waals surface area contributed by atoms with Gasteiger partial charge in [-0.05, 0) is 30.4 Å². The number of nitrogens with one attached hydrogen (secondary N) is 1. The number of carbonyl (C=O) groups is 2. The van der Waals surface area contributed by atoms with Gasteiger partial charge in [0.2, 0.25) is 0 Å². The van der Waals surface area contributed by atoms with Crippen LogP contribution in [0.3, 0.4) is 0 Å². The highest BCUT2D eigenvalue weighted by Gasteiger charge is 2.32. The summed E-state index contributed by atoms with van der Waals surface area (Å²) in [6, 6.07) is 6.10. The van der Waals surface area contributed by atoms with Gasteiger partial charge < -0.3 is 9.72 Å². The second-order valence-electron chi connectivity index (χ2n) is 7.46. The van der Waals surface area contributed by atoms with Crippen molar-refractivity contribution in [1.82, 2.24) is 19.3 Å². The third-order valence-electron chi connectivity index (χ3n) is 5.39. The number of hydrogen-bond acceptors (Lipinski definition) is 6. The molecule has 0 spiro atoms. The van der Waals surface area contributed by atoms with Crippen molar-refractivity contribution in [3.05, 3.63) is 72.0 Å². The molecule has 0 bridgehead atoms. The molecule has 3 heterocycles. The van der Waals surface area contributed by atoms with Crippen molar-refractivity contribution in [1.29, 1.82) is 0 Å². The molecule has 33 heavy (non-hydrogen) atoms. The van der Waals surface area contributed by atoms with Crippen LogP contribution in [0.1, 0.15) is 39.0 Å². The van der Waals surface area contributed by atoms with E-state index in [1.807, 2.05) is 0 Å². The number of aromatic amines is 1. The monoisotopic (exact) mass is 506 g/mol. The lowest BCUT2D eigenvalue weighted by molar-refractivity contribution is -0.450. The number of ether oxygens (including phenoxy) is 1. The molecular weight excluding hydrogens is 489 g/mol. The fourth-order valence-corrected chi connectivity index (χ4v) is 4.29. The second-order valence-corrected chi connectivity index (χ2v) is 8.66. The van der Waals surface area contributed by atoms with Crippen LogP contribution in [-0.4, -0.2) is 48.6 Å². The first-order valence-corrected chi connectivity index (χ1v) is 10.9. The van der Waals surface area contributed by atoms with Crippen molar-refractivity contribution in [2.75, 3.05) is 7.11 Å². The zero-order valence-corrected chi connectivity index (χ0v) is 20.1. The Morgan fingerprint density at radius 1 is 1.24 bits per heavy atom. The zero-order chi connectivity index (χ0) is 24.0. The molecule has 1 aromatic carbocycles. The maximum absolute atomic E-state index is 13.4. The van der Waals surface area contributed by atoms with Gasteiger partial charge in [0, 0.05) is 20.0 Å². The summed E-state index contributed by atoms with van der Waals surface area (Å²) in [5.41, 5.74) is 1.78. The molecule has 0 saturated carbocycles. The number of methoxy groups -OCH3 is 1. The Morgan fingerprint density at radius 2 is 1.97 bits per heavy atom. The molecule has 9 nitrogen and oxygen atoms in total. The average molecular weight is 507 g/mol. The number of nitrogens with zero attached hydrogens (tertiary/aromatic N) is 4. The molecule has 0 aliphatic carbocycles. The maximum Gasteiger partial charge on any atom is 0.419 e. The van der Waals surface area contributed by atoms with Gasteiger partial charge in [0.25, 0.3) is 5.56 Å². The molecule has 0 atom stereocenters. The number of rotatable bonds is 3. The highest BCUT2D eigenvalue weighted by molar-refractivity contribution is 7.71. The van der Waals surface area contributed by atoms with Gasteiger partial charge in [0.1, 0.15) is 5.82 Å². The number of carbonyl (C=O) groups excluding carboxylic acids is 2. The molecule has 2 aromatic heterocycles. The van der Waals surface area contributed by atoms with Crippen molar-refractivity contribution >= 4 is 53.0 Å². The predicted molar refractivity (Wildman–Crippen MR) is 124 cm³/mol. The van der Waals surface area contributed by atoms with E-state index in [0.29, 0.717) is 33.4 Å². The van der Waals surface area contributed by atoms with Gasteiger partial charge in [-0.25, -0.2) is 14.2 Å². The molecule has 0 saturated heterocycles. The van der Waals surface area contributed by atoms with E-state index in [1.165, 1.54) is 28.5 Å². The molecule has 0 unspecified atom stereocenters. The first-order chi connectivity index (χ1) is 15.6. The van der Waals surface area contributed by atoms with Crippen LogP contribution in [0.4, 0.5) is 0 Å². The van der Waals surface area contributed by atoms with Crippen LogP contribution < -0.4 is 5.56 Å². The molecule has 3 aromatic rings. The average Bonchev–Trinajstić information content (AvgIpc) is 3.16. The van der Waals surface area contributed by atoms with Crippen LogP contribution in [0, 0.1) is 4.77 Å². The smallest absolute Gasteiger partial charge is 0.419 e. The summed E-state index contributed by atoms with van der Waals surface area (Å²) in [5.74, 6) is -0.579. The number of aromatic nitrogens is 4. The van der Waals surface area contributed by atoms with Gasteiger partial charge >= 0.3 is 11.9 Å². The van der Waals surface area contributed by atoms with Crippen molar-refractivity contribution in [3.63, 3.8) is 0 Å². The summed E-state index contributed by atoms with van der Waals surface area (Å²) in [6.45, 7) is 1.92. The molecule has 170 valence electrons. The van der Waals surface area contributed by atoms with Crippen LogP contribution in [-0.2, 0) is 24.8 Å². The zero-order valence-electron chi connectivity index (χ0n) is 17.8. The Balaban J connectivity index is 1.76. The molecular formula is C21H18Cl2N5O4S+. The number of fused-ring (bicyclic) bond motifs is 1. The molecule has 1 aliphatic heterocycles. The first kappa shape index (κ1) is 23.1. The van der Waals surface area contributed by atoms with E-state index in [1.54, 1.807) is 30.7 Å². The van der Waals surface area contributed by atoms with E-state index in [2.05, 4.69) is 10.1 Å². The van der Waals surface area contributed by atoms with Gasteiger partial charge in [0.15, 0.2) is 22.7 Å². The standard InChI is InChI=1S/C21H17Cl2N5O4S/c1-10-6-12-16(9-27(10)18(29)11-4-5-13(22)14(23)7-11)24-21(33)28(19(12)30)17-8-15(20(31)32-3)25-26(17)2/h4-5,7-8H,6,9H2,1-3H3/p+1. The Morgan fingerprint density at radius 3 is 2.64 bits per heavy atom. The largest absolute Gasteiger partial charge is 0.464 e. The molecule has 1 aliphatic rings. The molecule has 12 heteroatoms. The van der Waals surface area contributed by atoms with Crippen LogP contribution >= 0.6 is 35.4 Å². The highest BCUT2D eigenvalue weighted by Crippen LogP contribution is 2.24. The fraction of sp³-hybridized carbons (Fsp3) is 0.238. The van der Waals surface area contributed by atoms with Crippen molar-refractivity contribution in [3.8, 4) is 5.82 Å². The summed E-state index contributed by atoms with van der Waals surface area (Å²) in [5, 5.41) is 4.73. The quantitative estimate of drug-likeness (QED) is 0.332. The highest BCUT2D eigenvalue weighted by atomic mass is 35.5. The van der Waals surface area contributed by atoms with E-state index >= 15 is 0 Å². The maximum atomic E-state index is 13.4. The minimum atomic E-state index is -0.626. The third-order valence-corrected chi connectivity index (χ3v) is 6.41. The Bertz CT molecular complexity index is 1480. The van der Waals surface area contributed by atoms with E-state index in [4.69, 9.17) is 40.2 Å². The van der Waals surface area contributed by atoms with E-state index in [0.717, 1.165) is 0 Å². The number of benzene rings is 1. The molecule has 4 rings (SSSR count). The topological polar surface area (TPSA) is 102 Å². The fourth-order valence-electron chi connectivity index (χ4n) is 3.69. The lowest BCUT2D eigenvalue weighted by Gasteiger charge is -2.17. The van der Waals surface area contributed by atoms with Crippen LogP contribution in [0.25, 0.3) is 5.82 Å². The van der Waals surface area contributed by atoms with Gasteiger partial charge in [-0.3, -0.25) is 9.48 Å². The van der Waals surface area contributed by atoms with Crippen LogP contribution in [0.2, 0.25) is 10.0 Å². The van der Waals surface area contributed by atoms with Crippen molar-refractivity contribution in [2.45, 2.75) is 19.9 Å². The number of H-pyrrole nitrogens is 1. The summed E-state index contributed by atoms with van der Waals surface area (Å²) in [6.07, 6.45) is 0.231. The van der Waals surface area contributed by atoms with E-state index in [-0.39, 0.29) is 39.9 Å². The van der Waals surface area contributed by atoms with E-state index < -0.39 is 5.97 Å². The number of aryl methyl sites for hydroxylation is 1. The number of esters is 1. The molecule has 0 fully saturated rings. The summed E-state index contributed by atoms with van der Waals surface area (Å²) < 4.78 is 9.03. The molecule has 1 N–H and O–H groups in total.